The van der Waals surface area contributed by atoms with Gasteiger partial charge in [0.05, 0.1) is 23.6 Å². The molecule has 1 atom stereocenters. The molecule has 1 amide bonds. The minimum atomic E-state index is -1.05. The van der Waals surface area contributed by atoms with E-state index in [4.69, 9.17) is 4.74 Å². The van der Waals surface area contributed by atoms with Crippen LogP contribution in [0.3, 0.4) is 0 Å². The van der Waals surface area contributed by atoms with Crippen molar-refractivity contribution >= 4 is 28.6 Å². The molecule has 0 aliphatic rings. The van der Waals surface area contributed by atoms with E-state index in [1.165, 1.54) is 13.1 Å². The highest BCUT2D eigenvalue weighted by molar-refractivity contribution is 5.95. The van der Waals surface area contributed by atoms with Gasteiger partial charge in [0.15, 0.2) is 0 Å². The van der Waals surface area contributed by atoms with Crippen LogP contribution in [-0.4, -0.2) is 36.7 Å². The Labute approximate surface area is 165 Å². The van der Waals surface area contributed by atoms with Gasteiger partial charge in [-0.1, -0.05) is 47.7 Å². The van der Waals surface area contributed by atoms with Gasteiger partial charge in [-0.05, 0) is 12.1 Å². The molecule has 0 aliphatic heterocycles. The molecule has 0 fully saturated rings. The Balaban J connectivity index is 1.49. The molecule has 2 aromatic heterocycles. The van der Waals surface area contributed by atoms with Gasteiger partial charge in [-0.25, -0.2) is 9.36 Å². The van der Waals surface area contributed by atoms with Gasteiger partial charge in [0.1, 0.15) is 12.2 Å². The van der Waals surface area contributed by atoms with Gasteiger partial charge in [0.2, 0.25) is 6.10 Å². The summed E-state index contributed by atoms with van der Waals surface area (Å²) in [6.45, 7) is 1.60. The van der Waals surface area contributed by atoms with Crippen molar-refractivity contribution in [2.24, 2.45) is 0 Å². The summed E-state index contributed by atoms with van der Waals surface area (Å²) in [7, 11) is 0. The number of carbonyl (C=O) groups is 2. The number of rotatable bonds is 6. The molecule has 0 radical (unpaired) electrons. The van der Waals surface area contributed by atoms with E-state index in [0.717, 1.165) is 11.0 Å². The van der Waals surface area contributed by atoms with E-state index in [2.05, 4.69) is 20.7 Å². The molecule has 0 spiro atoms. The van der Waals surface area contributed by atoms with E-state index in [9.17, 15) is 9.59 Å². The summed E-state index contributed by atoms with van der Waals surface area (Å²) >= 11 is 0. The van der Waals surface area contributed by atoms with Crippen molar-refractivity contribution in [1.29, 1.82) is 0 Å². The lowest BCUT2D eigenvalue weighted by molar-refractivity contribution is -0.152. The second-order valence-corrected chi connectivity index (χ2v) is 6.38. The van der Waals surface area contributed by atoms with Gasteiger partial charge in [-0.3, -0.25) is 9.59 Å². The molecule has 1 unspecified atom stereocenters. The number of anilines is 1. The number of aromatic nitrogens is 5. The molecule has 0 saturated heterocycles. The van der Waals surface area contributed by atoms with Crippen molar-refractivity contribution in [2.45, 2.75) is 19.7 Å². The zero-order chi connectivity index (χ0) is 20.2. The summed E-state index contributed by atoms with van der Waals surface area (Å²) in [6.07, 6.45) is 2.15. The van der Waals surface area contributed by atoms with Crippen LogP contribution < -0.4 is 5.32 Å². The summed E-state index contributed by atoms with van der Waals surface area (Å²) < 4.78 is 8.54. The lowest BCUT2D eigenvalue weighted by Gasteiger charge is -2.16. The maximum absolute atomic E-state index is 12.7. The molecular formula is C20H18N6O3. The molecule has 1 N–H and O–H groups in total. The highest BCUT2D eigenvalue weighted by Crippen LogP contribution is 2.20. The predicted molar refractivity (Wildman–Crippen MR) is 105 cm³/mol. The third-order valence-corrected chi connectivity index (χ3v) is 4.22. The largest absolute Gasteiger partial charge is 0.447 e. The highest BCUT2D eigenvalue weighted by atomic mass is 16.5. The van der Waals surface area contributed by atoms with Crippen LogP contribution in [0, 0.1) is 0 Å². The number of nitrogens with one attached hydrogen (secondary N) is 1. The Bertz CT molecular complexity index is 1150. The van der Waals surface area contributed by atoms with Crippen molar-refractivity contribution in [3.8, 4) is 0 Å². The van der Waals surface area contributed by atoms with E-state index in [0.29, 0.717) is 17.9 Å². The van der Waals surface area contributed by atoms with E-state index in [1.807, 2.05) is 30.3 Å². The SMILES string of the molecule is CC(=O)OC(C(=O)Nc1cnn(Cn2nnc3ccccc32)c1)c1ccccc1. The summed E-state index contributed by atoms with van der Waals surface area (Å²) in [5, 5.41) is 15.2. The first-order valence-corrected chi connectivity index (χ1v) is 8.94. The van der Waals surface area contributed by atoms with Crippen LogP contribution >= 0.6 is 0 Å². The van der Waals surface area contributed by atoms with Crippen LogP contribution in [0.1, 0.15) is 18.6 Å². The van der Waals surface area contributed by atoms with Gasteiger partial charge >= 0.3 is 5.97 Å². The van der Waals surface area contributed by atoms with E-state index in [-0.39, 0.29) is 0 Å². The van der Waals surface area contributed by atoms with Crippen LogP contribution in [0.5, 0.6) is 0 Å². The van der Waals surface area contributed by atoms with Crippen LogP contribution in [0.2, 0.25) is 0 Å². The molecule has 4 rings (SSSR count). The molecule has 0 bridgehead atoms. The van der Waals surface area contributed by atoms with Crippen molar-refractivity contribution in [1.82, 2.24) is 24.8 Å². The van der Waals surface area contributed by atoms with Crippen LogP contribution in [0.15, 0.2) is 67.0 Å². The Hall–Kier alpha value is -4.01. The lowest BCUT2D eigenvalue weighted by atomic mass is 10.1. The Morgan fingerprint density at radius 1 is 1.10 bits per heavy atom. The summed E-state index contributed by atoms with van der Waals surface area (Å²) in [5.74, 6) is -1.00. The second-order valence-electron chi connectivity index (χ2n) is 6.38. The van der Waals surface area contributed by atoms with Crippen molar-refractivity contribution in [3.05, 3.63) is 72.6 Å². The first-order chi connectivity index (χ1) is 14.1. The van der Waals surface area contributed by atoms with Gasteiger partial charge in [0, 0.05) is 12.5 Å². The third-order valence-electron chi connectivity index (χ3n) is 4.22. The second kappa shape index (κ2) is 7.93. The smallest absolute Gasteiger partial charge is 0.303 e. The fourth-order valence-corrected chi connectivity index (χ4v) is 2.94. The normalized spacial score (nSPS) is 11.9. The number of para-hydroxylation sites is 1. The molecule has 9 heteroatoms. The fraction of sp³-hybridized carbons (Fsp3) is 0.150. The number of hydrogen-bond acceptors (Lipinski definition) is 6. The van der Waals surface area contributed by atoms with Crippen LogP contribution in [0.4, 0.5) is 5.69 Å². The molecule has 29 heavy (non-hydrogen) atoms. The third kappa shape index (κ3) is 4.13. The topological polar surface area (TPSA) is 104 Å². The first kappa shape index (κ1) is 18.4. The minimum Gasteiger partial charge on any atom is -0.447 e. The fourth-order valence-electron chi connectivity index (χ4n) is 2.94. The average molecular weight is 390 g/mol. The maximum atomic E-state index is 12.7. The first-order valence-electron chi connectivity index (χ1n) is 8.94. The Kier molecular flexibility index (Phi) is 5.02. The maximum Gasteiger partial charge on any atom is 0.303 e. The molecule has 2 heterocycles. The number of carbonyl (C=O) groups excluding carboxylic acids is 2. The van der Waals surface area contributed by atoms with E-state index >= 15 is 0 Å². The zero-order valence-corrected chi connectivity index (χ0v) is 15.6. The van der Waals surface area contributed by atoms with Crippen LogP contribution in [-0.2, 0) is 21.0 Å². The van der Waals surface area contributed by atoms with E-state index < -0.39 is 18.0 Å². The van der Waals surface area contributed by atoms with Crippen molar-refractivity contribution < 1.29 is 14.3 Å². The highest BCUT2D eigenvalue weighted by Gasteiger charge is 2.24. The predicted octanol–water partition coefficient (Wildman–Crippen LogP) is 2.38. The van der Waals surface area contributed by atoms with Gasteiger partial charge < -0.3 is 10.1 Å². The molecule has 0 aliphatic carbocycles. The number of amides is 1. The number of hydrogen-bond donors (Lipinski definition) is 1. The number of esters is 1. The van der Waals surface area contributed by atoms with E-state index in [1.54, 1.807) is 39.8 Å². The van der Waals surface area contributed by atoms with Crippen LogP contribution in [0.25, 0.3) is 11.0 Å². The average Bonchev–Trinajstić information content (AvgIpc) is 3.34. The molecule has 4 aromatic rings. The number of nitrogens with zero attached hydrogens (tertiary/aromatic N) is 5. The van der Waals surface area contributed by atoms with Crippen molar-refractivity contribution in [3.63, 3.8) is 0 Å². The minimum absolute atomic E-state index is 0.336. The Morgan fingerprint density at radius 3 is 2.66 bits per heavy atom. The monoisotopic (exact) mass is 390 g/mol. The number of ether oxygens (including phenoxy) is 1. The van der Waals surface area contributed by atoms with Gasteiger partial charge in [0.25, 0.3) is 5.91 Å². The molecular weight excluding hydrogens is 372 g/mol. The quantitative estimate of drug-likeness (QED) is 0.507. The zero-order valence-electron chi connectivity index (χ0n) is 15.6. The molecule has 2 aromatic carbocycles. The molecule has 146 valence electrons. The summed E-state index contributed by atoms with van der Waals surface area (Å²) in [4.78, 5) is 24.1. The Morgan fingerprint density at radius 2 is 1.86 bits per heavy atom. The lowest BCUT2D eigenvalue weighted by Crippen LogP contribution is -2.25. The number of fused-ring (bicyclic) bond motifs is 1. The summed E-state index contributed by atoms with van der Waals surface area (Å²) in [6, 6.07) is 16.4. The standard InChI is InChI=1S/C20H18N6O3/c1-14(27)29-19(15-7-3-2-4-8-15)20(28)22-16-11-21-25(12-16)13-26-18-10-6-5-9-17(18)23-24-26/h2-12,19H,13H2,1H3,(H,22,28). The van der Waals surface area contributed by atoms with Gasteiger partial charge in [-0.15, -0.1) is 5.10 Å². The summed E-state index contributed by atoms with van der Waals surface area (Å²) in [5.41, 5.74) is 2.74. The van der Waals surface area contributed by atoms with Gasteiger partial charge in [-0.2, -0.15) is 5.10 Å². The number of benzene rings is 2. The molecule has 9 nitrogen and oxygen atoms in total. The van der Waals surface area contributed by atoms with Crippen molar-refractivity contribution in [2.75, 3.05) is 5.32 Å². The molecule has 0 saturated carbocycles.